The number of likely N-dealkylation sites (tertiary alicyclic amines) is 1. The zero-order valence-electron chi connectivity index (χ0n) is 11.9. The van der Waals surface area contributed by atoms with Crippen LogP contribution in [0.15, 0.2) is 30.5 Å². The number of ether oxygens (including phenoxy) is 1. The fourth-order valence-corrected chi connectivity index (χ4v) is 2.83. The molecule has 2 aromatic rings. The van der Waals surface area contributed by atoms with E-state index < -0.39 is 0 Å². The Kier molecular flexibility index (Phi) is 3.74. The third-order valence-electron chi connectivity index (χ3n) is 4.12. The number of anilines is 1. The first-order chi connectivity index (χ1) is 9.75. The minimum absolute atomic E-state index is 0.500. The van der Waals surface area contributed by atoms with Crippen LogP contribution in [-0.2, 0) is 0 Å². The Morgan fingerprint density at radius 2 is 2.25 bits per heavy atom. The van der Waals surface area contributed by atoms with Crippen molar-refractivity contribution in [3.63, 3.8) is 0 Å². The number of hydrogen-bond acceptors (Lipinski definition) is 4. The second-order valence-corrected chi connectivity index (χ2v) is 5.49. The summed E-state index contributed by atoms with van der Waals surface area (Å²) < 4.78 is 6.02. The maximum Gasteiger partial charge on any atom is 0.145 e. The van der Waals surface area contributed by atoms with Gasteiger partial charge >= 0.3 is 0 Å². The molecule has 2 N–H and O–H groups in total. The van der Waals surface area contributed by atoms with Gasteiger partial charge in [0.15, 0.2) is 0 Å². The summed E-state index contributed by atoms with van der Waals surface area (Å²) in [5.41, 5.74) is 7.58. The smallest absolute Gasteiger partial charge is 0.145 e. The van der Waals surface area contributed by atoms with Gasteiger partial charge in [-0.25, -0.2) is 0 Å². The van der Waals surface area contributed by atoms with Crippen LogP contribution >= 0.6 is 0 Å². The van der Waals surface area contributed by atoms with Gasteiger partial charge in [-0.15, -0.1) is 0 Å². The highest BCUT2D eigenvalue weighted by molar-refractivity contribution is 5.94. The molecule has 1 atom stereocenters. The van der Waals surface area contributed by atoms with E-state index in [9.17, 15) is 0 Å². The number of piperidine rings is 1. The fourth-order valence-electron chi connectivity index (χ4n) is 2.83. The van der Waals surface area contributed by atoms with Gasteiger partial charge in [-0.1, -0.05) is 6.42 Å². The van der Waals surface area contributed by atoms with Crippen molar-refractivity contribution >= 4 is 16.6 Å². The van der Waals surface area contributed by atoms with Crippen LogP contribution in [0.5, 0.6) is 5.75 Å². The summed E-state index contributed by atoms with van der Waals surface area (Å²) in [6.45, 7) is 1.88. The van der Waals surface area contributed by atoms with Crippen molar-refractivity contribution in [2.75, 3.05) is 25.9 Å². The van der Waals surface area contributed by atoms with Crippen molar-refractivity contribution in [3.8, 4) is 5.75 Å². The highest BCUT2D eigenvalue weighted by Gasteiger charge is 2.19. The number of nitrogens with two attached hydrogens (primary N) is 1. The summed E-state index contributed by atoms with van der Waals surface area (Å²) in [7, 11) is 2.17. The van der Waals surface area contributed by atoms with E-state index in [2.05, 4.69) is 16.9 Å². The SMILES string of the molecule is CN1CCCCC1COc1ccc(N)c2cccnc12. The lowest BCUT2D eigenvalue weighted by Gasteiger charge is -2.32. The van der Waals surface area contributed by atoms with E-state index in [1.165, 1.54) is 19.3 Å². The molecule has 4 heteroatoms. The molecule has 0 amide bonds. The Morgan fingerprint density at radius 3 is 3.10 bits per heavy atom. The Hall–Kier alpha value is -1.81. The lowest BCUT2D eigenvalue weighted by atomic mass is 10.0. The summed E-state index contributed by atoms with van der Waals surface area (Å²) >= 11 is 0. The summed E-state index contributed by atoms with van der Waals surface area (Å²) in [6, 6.07) is 8.20. The van der Waals surface area contributed by atoms with Gasteiger partial charge in [0.1, 0.15) is 17.9 Å². The summed E-state index contributed by atoms with van der Waals surface area (Å²) in [6.07, 6.45) is 5.57. The lowest BCUT2D eigenvalue weighted by Crippen LogP contribution is -2.40. The van der Waals surface area contributed by atoms with Crippen molar-refractivity contribution in [2.24, 2.45) is 0 Å². The molecule has 0 radical (unpaired) electrons. The van der Waals surface area contributed by atoms with Gasteiger partial charge in [0.2, 0.25) is 0 Å². The molecule has 0 saturated carbocycles. The Labute approximate surface area is 119 Å². The Bertz CT molecular complexity index is 599. The van der Waals surface area contributed by atoms with Crippen LogP contribution < -0.4 is 10.5 Å². The van der Waals surface area contributed by atoms with Gasteiger partial charge in [0.05, 0.1) is 0 Å². The summed E-state index contributed by atoms with van der Waals surface area (Å²) in [5, 5.41) is 0.960. The van der Waals surface area contributed by atoms with Gasteiger partial charge in [0.25, 0.3) is 0 Å². The van der Waals surface area contributed by atoms with Gasteiger partial charge in [-0.2, -0.15) is 0 Å². The third-order valence-corrected chi connectivity index (χ3v) is 4.12. The monoisotopic (exact) mass is 271 g/mol. The Balaban J connectivity index is 1.79. The van der Waals surface area contributed by atoms with E-state index >= 15 is 0 Å². The predicted molar refractivity (Wildman–Crippen MR) is 81.9 cm³/mol. The van der Waals surface area contributed by atoms with Crippen LogP contribution in [0.25, 0.3) is 10.9 Å². The molecule has 1 aliphatic rings. The first-order valence-electron chi connectivity index (χ1n) is 7.22. The molecule has 4 nitrogen and oxygen atoms in total. The number of benzene rings is 1. The minimum atomic E-state index is 0.500. The number of rotatable bonds is 3. The number of fused-ring (bicyclic) bond motifs is 1. The van der Waals surface area contributed by atoms with Gasteiger partial charge in [0, 0.05) is 23.3 Å². The molecule has 0 spiro atoms. The largest absolute Gasteiger partial charge is 0.490 e. The van der Waals surface area contributed by atoms with Crippen molar-refractivity contribution in [1.29, 1.82) is 0 Å². The molecule has 2 heterocycles. The number of hydrogen-bond donors (Lipinski definition) is 1. The molecule has 1 aliphatic heterocycles. The Morgan fingerprint density at radius 1 is 1.35 bits per heavy atom. The van der Waals surface area contributed by atoms with E-state index in [0.29, 0.717) is 12.6 Å². The second-order valence-electron chi connectivity index (χ2n) is 5.49. The maximum absolute atomic E-state index is 6.02. The molecule has 20 heavy (non-hydrogen) atoms. The van der Waals surface area contributed by atoms with E-state index in [1.807, 2.05) is 24.3 Å². The van der Waals surface area contributed by atoms with E-state index in [0.717, 1.165) is 28.9 Å². The van der Waals surface area contributed by atoms with Crippen LogP contribution in [0, 0.1) is 0 Å². The average molecular weight is 271 g/mol. The van der Waals surface area contributed by atoms with Crippen molar-refractivity contribution in [1.82, 2.24) is 9.88 Å². The first-order valence-corrected chi connectivity index (χ1v) is 7.22. The maximum atomic E-state index is 6.02. The topological polar surface area (TPSA) is 51.4 Å². The number of nitrogens with zero attached hydrogens (tertiary/aromatic N) is 2. The zero-order valence-corrected chi connectivity index (χ0v) is 11.9. The van der Waals surface area contributed by atoms with Gasteiger partial charge in [-0.3, -0.25) is 4.98 Å². The number of pyridine rings is 1. The van der Waals surface area contributed by atoms with Gasteiger partial charge in [-0.05, 0) is 50.7 Å². The molecule has 3 rings (SSSR count). The molecule has 1 fully saturated rings. The number of nitrogen functional groups attached to an aromatic ring is 1. The molecule has 0 aliphatic carbocycles. The molecule has 1 unspecified atom stereocenters. The molecule has 106 valence electrons. The van der Waals surface area contributed by atoms with E-state index in [1.54, 1.807) is 6.20 Å². The molecule has 0 bridgehead atoms. The van der Waals surface area contributed by atoms with Crippen LogP contribution in [0.4, 0.5) is 5.69 Å². The van der Waals surface area contributed by atoms with Crippen molar-refractivity contribution in [3.05, 3.63) is 30.5 Å². The van der Waals surface area contributed by atoms with Crippen LogP contribution in [0.2, 0.25) is 0 Å². The van der Waals surface area contributed by atoms with Crippen molar-refractivity contribution < 1.29 is 4.74 Å². The number of likely N-dealkylation sites (N-methyl/N-ethyl adjacent to an activating group) is 1. The quantitative estimate of drug-likeness (QED) is 0.872. The fraction of sp³-hybridized carbons (Fsp3) is 0.438. The summed E-state index contributed by atoms with van der Waals surface area (Å²) in [5.74, 6) is 0.828. The number of aromatic nitrogens is 1. The third kappa shape index (κ3) is 2.56. The molecule has 1 aromatic carbocycles. The molecule has 1 saturated heterocycles. The normalized spacial score (nSPS) is 20.1. The standard InChI is InChI=1S/C16H21N3O/c1-19-10-3-2-5-12(19)11-20-15-8-7-14(17)13-6-4-9-18-16(13)15/h4,6-9,12H,2-3,5,10-11,17H2,1H3. The van der Waals surface area contributed by atoms with Gasteiger partial charge < -0.3 is 15.4 Å². The highest BCUT2D eigenvalue weighted by atomic mass is 16.5. The van der Waals surface area contributed by atoms with E-state index in [4.69, 9.17) is 10.5 Å². The molecular weight excluding hydrogens is 250 g/mol. The highest BCUT2D eigenvalue weighted by Crippen LogP contribution is 2.28. The van der Waals surface area contributed by atoms with E-state index in [-0.39, 0.29) is 0 Å². The van der Waals surface area contributed by atoms with Crippen molar-refractivity contribution in [2.45, 2.75) is 25.3 Å². The predicted octanol–water partition coefficient (Wildman–Crippen LogP) is 2.68. The summed E-state index contributed by atoms with van der Waals surface area (Å²) in [4.78, 5) is 6.79. The van der Waals surface area contributed by atoms with Crippen LogP contribution in [0.3, 0.4) is 0 Å². The zero-order chi connectivity index (χ0) is 13.9. The second kappa shape index (κ2) is 5.67. The first kappa shape index (κ1) is 13.2. The molecule has 1 aromatic heterocycles. The lowest BCUT2D eigenvalue weighted by molar-refractivity contribution is 0.126. The average Bonchev–Trinajstić information content (AvgIpc) is 2.48. The van der Waals surface area contributed by atoms with Crippen LogP contribution in [0.1, 0.15) is 19.3 Å². The van der Waals surface area contributed by atoms with Crippen LogP contribution in [-0.4, -0.2) is 36.1 Å². The minimum Gasteiger partial charge on any atom is -0.490 e. The molecular formula is C16H21N3O.